The van der Waals surface area contributed by atoms with Crippen molar-refractivity contribution in [1.29, 1.82) is 0 Å². The van der Waals surface area contributed by atoms with Crippen molar-refractivity contribution in [3.8, 4) is 0 Å². The zero-order chi connectivity index (χ0) is 27.2. The van der Waals surface area contributed by atoms with Gasteiger partial charge in [-0.2, -0.15) is 0 Å². The molecule has 1 N–H and O–H groups in total. The molecule has 208 valence electrons. The van der Waals surface area contributed by atoms with Gasteiger partial charge in [0.1, 0.15) is 6.04 Å². The fraction of sp³-hybridized carbons (Fsp3) is 0.750. The molecule has 0 aromatic heterocycles. The second kappa shape index (κ2) is 13.7. The molecule has 3 aliphatic heterocycles. The van der Waals surface area contributed by atoms with Crippen molar-refractivity contribution < 1.29 is 19.5 Å². The van der Waals surface area contributed by atoms with Gasteiger partial charge in [-0.15, -0.1) is 24.9 Å². The number of nitrogens with zero attached hydrogens (tertiary/aromatic N) is 3. The number of carbonyl (C=O) groups is 3. The van der Waals surface area contributed by atoms with Gasteiger partial charge in [0, 0.05) is 49.4 Å². The van der Waals surface area contributed by atoms with Crippen LogP contribution in [0, 0.1) is 11.8 Å². The highest BCUT2D eigenvalue weighted by Crippen LogP contribution is 2.68. The maximum atomic E-state index is 14.3. The number of fused-ring (bicyclic) bond motifs is 1. The van der Waals surface area contributed by atoms with Crippen LogP contribution in [0.1, 0.15) is 58.8 Å². The van der Waals surface area contributed by atoms with E-state index in [9.17, 15) is 19.5 Å². The normalized spacial score (nSPS) is 29.9. The van der Waals surface area contributed by atoms with Crippen molar-refractivity contribution in [2.24, 2.45) is 11.8 Å². The van der Waals surface area contributed by atoms with Gasteiger partial charge < -0.3 is 19.8 Å². The largest absolute Gasteiger partial charge is 0.396 e. The maximum absolute atomic E-state index is 14.3. The number of rotatable bonds is 16. The molecule has 3 aliphatic rings. The van der Waals surface area contributed by atoms with E-state index < -0.39 is 22.6 Å². The Balaban J connectivity index is 2.01. The van der Waals surface area contributed by atoms with E-state index in [0.717, 1.165) is 25.7 Å². The fourth-order valence-corrected chi connectivity index (χ4v) is 10.0. The van der Waals surface area contributed by atoms with Crippen LogP contribution in [-0.4, -0.2) is 97.7 Å². The van der Waals surface area contributed by atoms with Crippen LogP contribution in [0.4, 0.5) is 0 Å². The van der Waals surface area contributed by atoms with Gasteiger partial charge in [-0.1, -0.05) is 54.8 Å². The van der Waals surface area contributed by atoms with E-state index >= 15 is 0 Å². The molecule has 3 saturated heterocycles. The Morgan fingerprint density at radius 2 is 1.76 bits per heavy atom. The Morgan fingerprint density at radius 1 is 1.08 bits per heavy atom. The Bertz CT molecular complexity index is 857. The molecule has 7 nitrogen and oxygen atoms in total. The van der Waals surface area contributed by atoms with Crippen LogP contribution in [-0.2, 0) is 14.4 Å². The van der Waals surface area contributed by atoms with E-state index in [1.807, 2.05) is 16.7 Å². The Hall–Kier alpha value is -1.32. The molecule has 2 bridgehead atoms. The van der Waals surface area contributed by atoms with Gasteiger partial charge in [-0.3, -0.25) is 14.4 Å². The van der Waals surface area contributed by atoms with Crippen LogP contribution >= 0.6 is 27.7 Å². The monoisotopic (exact) mass is 597 g/mol. The van der Waals surface area contributed by atoms with E-state index in [1.54, 1.807) is 28.8 Å². The third-order valence-electron chi connectivity index (χ3n) is 7.96. The second-order valence-electron chi connectivity index (χ2n) is 10.5. The average Bonchev–Trinajstić information content (AvgIpc) is 3.46. The number of hydrogen-bond donors (Lipinski definition) is 1. The summed E-state index contributed by atoms with van der Waals surface area (Å²) in [7, 11) is 0. The van der Waals surface area contributed by atoms with Crippen molar-refractivity contribution in [3.05, 3.63) is 25.3 Å². The molecule has 3 fully saturated rings. The van der Waals surface area contributed by atoms with Gasteiger partial charge in [-0.05, 0) is 32.1 Å². The van der Waals surface area contributed by atoms with E-state index in [1.165, 1.54) is 0 Å². The number of carbonyl (C=O) groups excluding carboxylic acids is 3. The molecule has 3 amide bonds. The van der Waals surface area contributed by atoms with Gasteiger partial charge in [0.25, 0.3) is 0 Å². The first-order valence-corrected chi connectivity index (χ1v) is 15.6. The van der Waals surface area contributed by atoms with Crippen LogP contribution in [0.25, 0.3) is 0 Å². The molecule has 3 heterocycles. The summed E-state index contributed by atoms with van der Waals surface area (Å²) in [5.74, 6) is -1.09. The molecule has 0 aliphatic carbocycles. The smallest absolute Gasteiger partial charge is 0.247 e. The highest BCUT2D eigenvalue weighted by molar-refractivity contribution is 9.09. The molecule has 0 aromatic carbocycles. The third kappa shape index (κ3) is 5.83. The molecule has 37 heavy (non-hydrogen) atoms. The summed E-state index contributed by atoms with van der Waals surface area (Å²) in [6.45, 7) is 14.5. The summed E-state index contributed by atoms with van der Waals surface area (Å²) in [4.78, 5) is 47.8. The zero-order valence-electron chi connectivity index (χ0n) is 22.4. The van der Waals surface area contributed by atoms with Crippen molar-refractivity contribution in [2.75, 3.05) is 39.3 Å². The topological polar surface area (TPSA) is 81.2 Å². The van der Waals surface area contributed by atoms with Crippen LogP contribution in [0.2, 0.25) is 0 Å². The van der Waals surface area contributed by atoms with Gasteiger partial charge in [0.05, 0.1) is 16.6 Å². The van der Waals surface area contributed by atoms with Crippen LogP contribution in [0.3, 0.4) is 0 Å². The van der Waals surface area contributed by atoms with Crippen molar-refractivity contribution >= 4 is 45.4 Å². The fourth-order valence-electron chi connectivity index (χ4n) is 6.43. The van der Waals surface area contributed by atoms with Crippen molar-refractivity contribution in [3.63, 3.8) is 0 Å². The number of alkyl halides is 1. The first kappa shape index (κ1) is 30.2. The SMILES string of the molecule is C=CCN(CCCCC)C(=O)C1N(CCCCO)C(=O)[C@@H]2[C@@H](C(=O)N(CC=C)CCC)[C@@H]3SC12CC3Br. The van der Waals surface area contributed by atoms with Crippen molar-refractivity contribution in [2.45, 2.75) is 79.7 Å². The maximum Gasteiger partial charge on any atom is 0.247 e. The standard InChI is InChI=1S/C28H44BrN3O4S/c1-5-9-10-16-31(15-8-4)27(36)24-28-19-20(29)23(37-28)21(25(34)30(13-6-2)14-7-3)22(28)26(35)32(24)17-11-12-18-33/h6,8,20-24,33H,2,4-5,7,9-19H2,1,3H3/t20?,21-,22+,23-,24?,28?/m1/s1. The number of aliphatic hydroxyl groups is 1. The lowest BCUT2D eigenvalue weighted by molar-refractivity contribution is -0.144. The zero-order valence-corrected chi connectivity index (χ0v) is 24.9. The molecule has 0 aromatic rings. The Morgan fingerprint density at radius 3 is 2.35 bits per heavy atom. The summed E-state index contributed by atoms with van der Waals surface area (Å²) in [6, 6.07) is -0.614. The molecule has 0 saturated carbocycles. The Labute approximate surface area is 235 Å². The van der Waals surface area contributed by atoms with Gasteiger partial charge in [0.2, 0.25) is 17.7 Å². The molecule has 3 rings (SSSR count). The minimum atomic E-state index is -0.636. The van der Waals surface area contributed by atoms with E-state index in [0.29, 0.717) is 52.0 Å². The van der Waals surface area contributed by atoms with Crippen LogP contribution in [0.15, 0.2) is 25.3 Å². The van der Waals surface area contributed by atoms with Crippen molar-refractivity contribution in [1.82, 2.24) is 14.7 Å². The molecular weight excluding hydrogens is 554 g/mol. The first-order valence-electron chi connectivity index (χ1n) is 13.8. The average molecular weight is 599 g/mol. The minimum absolute atomic E-state index is 0.00192. The van der Waals surface area contributed by atoms with Gasteiger partial charge >= 0.3 is 0 Å². The number of hydrogen-bond acceptors (Lipinski definition) is 5. The number of unbranched alkanes of at least 4 members (excludes halogenated alkanes) is 3. The quantitative estimate of drug-likeness (QED) is 0.166. The summed E-state index contributed by atoms with van der Waals surface area (Å²) in [5.41, 5.74) is 0. The van der Waals surface area contributed by atoms with E-state index in [4.69, 9.17) is 0 Å². The number of amides is 3. The molecule has 0 radical (unpaired) electrons. The number of aliphatic hydroxyl groups excluding tert-OH is 1. The Kier molecular flexibility index (Phi) is 11.2. The molecule has 9 heteroatoms. The lowest BCUT2D eigenvalue weighted by Crippen LogP contribution is -2.56. The summed E-state index contributed by atoms with van der Waals surface area (Å²) < 4.78 is -0.636. The van der Waals surface area contributed by atoms with E-state index in [-0.39, 0.29) is 34.4 Å². The number of likely N-dealkylation sites (tertiary alicyclic amines) is 1. The molecular formula is C28H44BrN3O4S. The lowest BCUT2D eigenvalue weighted by atomic mass is 9.70. The number of thioether (sulfide) groups is 1. The van der Waals surface area contributed by atoms with Gasteiger partial charge in [0.15, 0.2) is 0 Å². The summed E-state index contributed by atoms with van der Waals surface area (Å²) in [5, 5.41) is 9.33. The highest BCUT2D eigenvalue weighted by Gasteiger charge is 2.75. The molecule has 3 unspecified atom stereocenters. The summed E-state index contributed by atoms with van der Waals surface area (Å²) >= 11 is 5.54. The minimum Gasteiger partial charge on any atom is -0.396 e. The molecule has 6 atom stereocenters. The summed E-state index contributed by atoms with van der Waals surface area (Å²) in [6.07, 6.45) is 9.19. The van der Waals surface area contributed by atoms with E-state index in [2.05, 4.69) is 36.0 Å². The third-order valence-corrected chi connectivity index (χ3v) is 11.2. The highest BCUT2D eigenvalue weighted by atomic mass is 79.9. The predicted octanol–water partition coefficient (Wildman–Crippen LogP) is 3.85. The second-order valence-corrected chi connectivity index (χ2v) is 13.2. The van der Waals surface area contributed by atoms with Crippen LogP contribution < -0.4 is 0 Å². The predicted molar refractivity (Wildman–Crippen MR) is 154 cm³/mol. The lowest BCUT2D eigenvalue weighted by Gasteiger charge is -2.38. The first-order chi connectivity index (χ1) is 17.8. The van der Waals surface area contributed by atoms with Gasteiger partial charge in [-0.25, -0.2) is 0 Å². The number of halogens is 1. The van der Waals surface area contributed by atoms with Crippen LogP contribution in [0.5, 0.6) is 0 Å². The molecule has 1 spiro atoms.